The lowest BCUT2D eigenvalue weighted by Crippen LogP contribution is -2.35. The third-order valence-corrected chi connectivity index (χ3v) is 3.18. The summed E-state index contributed by atoms with van der Waals surface area (Å²) in [7, 11) is 0. The molecule has 4 nitrogen and oxygen atoms in total. The van der Waals surface area contributed by atoms with E-state index >= 15 is 0 Å². The standard InChI is InChI=1S/C13H13FN2O2/c1-8-15-12(9-2-4-10(14)5-3-9)13(17)16(8)6-11-7-18-11/h2-5,11-12H,6-7H2,1H3. The minimum Gasteiger partial charge on any atom is -0.371 e. The van der Waals surface area contributed by atoms with Gasteiger partial charge in [-0.3, -0.25) is 14.7 Å². The van der Waals surface area contributed by atoms with Crippen molar-refractivity contribution in [3.63, 3.8) is 0 Å². The second kappa shape index (κ2) is 4.17. The van der Waals surface area contributed by atoms with Gasteiger partial charge in [0.15, 0.2) is 6.04 Å². The fourth-order valence-electron chi connectivity index (χ4n) is 2.08. The number of amidine groups is 1. The Morgan fingerprint density at radius 3 is 2.72 bits per heavy atom. The highest BCUT2D eigenvalue weighted by molar-refractivity contribution is 6.05. The molecule has 0 spiro atoms. The Balaban J connectivity index is 1.81. The van der Waals surface area contributed by atoms with Crippen LogP contribution in [0.4, 0.5) is 4.39 Å². The molecule has 0 radical (unpaired) electrons. The molecule has 0 bridgehead atoms. The maximum atomic E-state index is 12.9. The molecular weight excluding hydrogens is 235 g/mol. The van der Waals surface area contributed by atoms with Gasteiger partial charge >= 0.3 is 0 Å². The van der Waals surface area contributed by atoms with Gasteiger partial charge in [-0.2, -0.15) is 0 Å². The van der Waals surface area contributed by atoms with Crippen LogP contribution in [0.15, 0.2) is 29.3 Å². The van der Waals surface area contributed by atoms with Crippen LogP contribution >= 0.6 is 0 Å². The minimum atomic E-state index is -0.538. The summed E-state index contributed by atoms with van der Waals surface area (Å²) >= 11 is 0. The van der Waals surface area contributed by atoms with Crippen LogP contribution in [0, 0.1) is 5.82 Å². The molecule has 18 heavy (non-hydrogen) atoms. The number of hydrogen-bond acceptors (Lipinski definition) is 3. The van der Waals surface area contributed by atoms with E-state index < -0.39 is 6.04 Å². The molecule has 1 fully saturated rings. The number of halogens is 1. The third kappa shape index (κ3) is 2.01. The van der Waals surface area contributed by atoms with Crippen molar-refractivity contribution >= 4 is 11.7 Å². The third-order valence-electron chi connectivity index (χ3n) is 3.18. The van der Waals surface area contributed by atoms with E-state index in [1.165, 1.54) is 12.1 Å². The summed E-state index contributed by atoms with van der Waals surface area (Å²) in [6.07, 6.45) is 0.145. The van der Waals surface area contributed by atoms with Gasteiger partial charge in [0.05, 0.1) is 19.3 Å². The first-order valence-corrected chi connectivity index (χ1v) is 5.88. The molecule has 2 unspecified atom stereocenters. The van der Waals surface area contributed by atoms with Crippen LogP contribution in [0.1, 0.15) is 18.5 Å². The van der Waals surface area contributed by atoms with E-state index in [2.05, 4.69) is 4.99 Å². The quantitative estimate of drug-likeness (QED) is 0.761. The van der Waals surface area contributed by atoms with Crippen molar-refractivity contribution in [1.29, 1.82) is 0 Å². The molecule has 1 amide bonds. The normalized spacial score (nSPS) is 26.4. The summed E-state index contributed by atoms with van der Waals surface area (Å²) in [5, 5.41) is 0. The van der Waals surface area contributed by atoms with Crippen LogP contribution < -0.4 is 0 Å². The predicted molar refractivity (Wildman–Crippen MR) is 63.7 cm³/mol. The molecule has 2 aliphatic rings. The molecule has 1 aromatic carbocycles. The van der Waals surface area contributed by atoms with E-state index in [1.54, 1.807) is 17.0 Å². The molecule has 0 N–H and O–H groups in total. The van der Waals surface area contributed by atoms with Gasteiger partial charge in [-0.05, 0) is 24.6 Å². The smallest absolute Gasteiger partial charge is 0.257 e. The van der Waals surface area contributed by atoms with Crippen molar-refractivity contribution in [2.75, 3.05) is 13.2 Å². The van der Waals surface area contributed by atoms with Crippen molar-refractivity contribution in [2.45, 2.75) is 19.1 Å². The molecule has 1 saturated heterocycles. The molecule has 0 aliphatic carbocycles. The number of nitrogens with zero attached hydrogens (tertiary/aromatic N) is 2. The Morgan fingerprint density at radius 2 is 2.11 bits per heavy atom. The van der Waals surface area contributed by atoms with E-state index in [0.717, 1.165) is 5.56 Å². The highest BCUT2D eigenvalue weighted by atomic mass is 19.1. The van der Waals surface area contributed by atoms with Gasteiger partial charge < -0.3 is 4.74 Å². The second-order valence-corrected chi connectivity index (χ2v) is 4.53. The topological polar surface area (TPSA) is 45.2 Å². The van der Waals surface area contributed by atoms with Crippen molar-refractivity contribution in [1.82, 2.24) is 4.90 Å². The first kappa shape index (κ1) is 11.3. The zero-order valence-corrected chi connectivity index (χ0v) is 9.97. The zero-order chi connectivity index (χ0) is 12.7. The van der Waals surface area contributed by atoms with Crippen LogP contribution in [-0.2, 0) is 9.53 Å². The molecule has 5 heteroatoms. The first-order chi connectivity index (χ1) is 8.65. The molecule has 0 saturated carbocycles. The number of rotatable bonds is 3. The van der Waals surface area contributed by atoms with E-state index in [4.69, 9.17) is 4.74 Å². The summed E-state index contributed by atoms with van der Waals surface area (Å²) in [6.45, 7) is 3.08. The average Bonchev–Trinajstić information content (AvgIpc) is 3.12. The number of hydrogen-bond donors (Lipinski definition) is 0. The van der Waals surface area contributed by atoms with Crippen LogP contribution in [0.2, 0.25) is 0 Å². The van der Waals surface area contributed by atoms with E-state index in [-0.39, 0.29) is 17.8 Å². The van der Waals surface area contributed by atoms with E-state index in [9.17, 15) is 9.18 Å². The Labute approximate surface area is 104 Å². The lowest BCUT2D eigenvalue weighted by molar-refractivity contribution is -0.127. The number of epoxide rings is 1. The highest BCUT2D eigenvalue weighted by Gasteiger charge is 2.37. The number of ether oxygens (including phenoxy) is 1. The van der Waals surface area contributed by atoms with Crippen molar-refractivity contribution in [3.05, 3.63) is 35.6 Å². The van der Waals surface area contributed by atoms with Gasteiger partial charge in [-0.1, -0.05) is 12.1 Å². The maximum Gasteiger partial charge on any atom is 0.257 e. The van der Waals surface area contributed by atoms with Gasteiger partial charge in [0.1, 0.15) is 11.7 Å². The fourth-order valence-corrected chi connectivity index (χ4v) is 2.08. The van der Waals surface area contributed by atoms with Gasteiger partial charge in [0, 0.05) is 0 Å². The Morgan fingerprint density at radius 1 is 1.44 bits per heavy atom. The summed E-state index contributed by atoms with van der Waals surface area (Å²) < 4.78 is 18.0. The maximum absolute atomic E-state index is 12.9. The lowest BCUT2D eigenvalue weighted by Gasteiger charge is -2.15. The number of carbonyl (C=O) groups is 1. The van der Waals surface area contributed by atoms with Crippen LogP contribution in [0.25, 0.3) is 0 Å². The van der Waals surface area contributed by atoms with E-state index in [0.29, 0.717) is 19.0 Å². The van der Waals surface area contributed by atoms with E-state index in [1.807, 2.05) is 6.92 Å². The number of benzene rings is 1. The second-order valence-electron chi connectivity index (χ2n) is 4.53. The van der Waals surface area contributed by atoms with Gasteiger partial charge in [-0.25, -0.2) is 4.39 Å². The number of aliphatic imine (C=N–C) groups is 1. The fraction of sp³-hybridized carbons (Fsp3) is 0.385. The van der Waals surface area contributed by atoms with Gasteiger partial charge in [0.25, 0.3) is 5.91 Å². The molecule has 2 aliphatic heterocycles. The average molecular weight is 248 g/mol. The largest absolute Gasteiger partial charge is 0.371 e. The molecule has 2 heterocycles. The molecule has 0 aromatic heterocycles. The number of carbonyl (C=O) groups excluding carboxylic acids is 1. The molecule has 3 rings (SSSR count). The summed E-state index contributed by atoms with van der Waals surface area (Å²) in [5.41, 5.74) is 0.722. The summed E-state index contributed by atoms with van der Waals surface area (Å²) in [5.74, 6) is 0.326. The molecule has 1 aromatic rings. The highest BCUT2D eigenvalue weighted by Crippen LogP contribution is 2.27. The Bertz CT molecular complexity index is 508. The molecule has 2 atom stereocenters. The first-order valence-electron chi connectivity index (χ1n) is 5.88. The van der Waals surface area contributed by atoms with Crippen LogP contribution in [-0.4, -0.2) is 35.9 Å². The van der Waals surface area contributed by atoms with Gasteiger partial charge in [0.2, 0.25) is 0 Å². The van der Waals surface area contributed by atoms with Crippen molar-refractivity contribution in [3.8, 4) is 0 Å². The summed E-state index contributed by atoms with van der Waals surface area (Å²) in [6, 6.07) is 5.36. The van der Waals surface area contributed by atoms with Crippen LogP contribution in [0.3, 0.4) is 0 Å². The van der Waals surface area contributed by atoms with Crippen molar-refractivity contribution in [2.24, 2.45) is 4.99 Å². The lowest BCUT2D eigenvalue weighted by atomic mass is 10.1. The minimum absolute atomic E-state index is 0.0605. The molecule has 94 valence electrons. The Hall–Kier alpha value is -1.75. The SMILES string of the molecule is CC1=NC(c2ccc(F)cc2)C(=O)N1CC1CO1. The Kier molecular flexibility index (Phi) is 2.63. The van der Waals surface area contributed by atoms with Crippen LogP contribution in [0.5, 0.6) is 0 Å². The monoisotopic (exact) mass is 248 g/mol. The van der Waals surface area contributed by atoms with Crippen molar-refractivity contribution < 1.29 is 13.9 Å². The molecular formula is C13H13FN2O2. The predicted octanol–water partition coefficient (Wildman–Crippen LogP) is 1.53. The number of amides is 1. The van der Waals surface area contributed by atoms with Gasteiger partial charge in [-0.15, -0.1) is 0 Å². The summed E-state index contributed by atoms with van der Waals surface area (Å²) in [4.78, 5) is 18.2. The zero-order valence-electron chi connectivity index (χ0n) is 9.97.